The minimum absolute atomic E-state index is 0.0164. The summed E-state index contributed by atoms with van der Waals surface area (Å²) in [5.41, 5.74) is 1.82. The lowest BCUT2D eigenvalue weighted by molar-refractivity contribution is 0.0952. The molecule has 0 unspecified atom stereocenters. The highest BCUT2D eigenvalue weighted by Crippen LogP contribution is 2.20. The van der Waals surface area contributed by atoms with Gasteiger partial charge in [-0.1, -0.05) is 51.7 Å². The van der Waals surface area contributed by atoms with Gasteiger partial charge >= 0.3 is 0 Å². The maximum absolute atomic E-state index is 12.1. The van der Waals surface area contributed by atoms with Gasteiger partial charge in [0.25, 0.3) is 5.91 Å². The number of benzene rings is 1. The van der Waals surface area contributed by atoms with Crippen LogP contribution in [0.15, 0.2) is 22.7 Å². The summed E-state index contributed by atoms with van der Waals surface area (Å²) in [7, 11) is 0. The minimum atomic E-state index is 0.0164. The summed E-state index contributed by atoms with van der Waals surface area (Å²) in [5.74, 6) is 0.816. The van der Waals surface area contributed by atoms with Crippen molar-refractivity contribution in [3.63, 3.8) is 0 Å². The smallest absolute Gasteiger partial charge is 0.252 e. The molecule has 0 aliphatic carbocycles. The van der Waals surface area contributed by atoms with E-state index in [2.05, 4.69) is 35.1 Å². The van der Waals surface area contributed by atoms with Gasteiger partial charge in [-0.25, -0.2) is 0 Å². The maximum Gasteiger partial charge on any atom is 0.252 e. The van der Waals surface area contributed by atoms with Gasteiger partial charge in [0.05, 0.1) is 5.56 Å². The molecule has 0 heterocycles. The van der Waals surface area contributed by atoms with Crippen LogP contribution >= 0.6 is 15.9 Å². The second-order valence-electron chi connectivity index (χ2n) is 5.79. The molecule has 0 radical (unpaired) electrons. The molecule has 0 aromatic heterocycles. The zero-order chi connectivity index (χ0) is 15.0. The van der Waals surface area contributed by atoms with Crippen LogP contribution in [0.4, 0.5) is 0 Å². The van der Waals surface area contributed by atoms with Gasteiger partial charge < -0.3 is 5.32 Å². The van der Waals surface area contributed by atoms with Gasteiger partial charge in [0.1, 0.15) is 0 Å². The summed E-state index contributed by atoms with van der Waals surface area (Å²) in [6.07, 6.45) is 6.13. The third kappa shape index (κ3) is 6.08. The van der Waals surface area contributed by atoms with Crippen molar-refractivity contribution in [3.05, 3.63) is 33.8 Å². The largest absolute Gasteiger partial charge is 0.352 e. The van der Waals surface area contributed by atoms with Crippen molar-refractivity contribution in [2.24, 2.45) is 5.92 Å². The monoisotopic (exact) mass is 339 g/mol. The molecule has 1 rings (SSSR count). The number of rotatable bonds is 8. The Hall–Kier alpha value is -0.830. The highest BCUT2D eigenvalue weighted by atomic mass is 79.9. The fraction of sp³-hybridized carbons (Fsp3) is 0.588. The molecule has 0 saturated carbocycles. The molecule has 0 bridgehead atoms. The van der Waals surface area contributed by atoms with Crippen LogP contribution in [0, 0.1) is 12.8 Å². The van der Waals surface area contributed by atoms with Crippen LogP contribution in [-0.2, 0) is 0 Å². The zero-order valence-electron chi connectivity index (χ0n) is 12.8. The Labute approximate surface area is 131 Å². The quantitative estimate of drug-likeness (QED) is 0.656. The summed E-state index contributed by atoms with van der Waals surface area (Å²) in [4.78, 5) is 12.1. The third-order valence-corrected chi connectivity index (χ3v) is 4.48. The van der Waals surface area contributed by atoms with Crippen molar-refractivity contribution >= 4 is 21.8 Å². The van der Waals surface area contributed by atoms with Gasteiger partial charge in [-0.15, -0.1) is 0 Å². The number of carbonyl (C=O) groups is 1. The average Bonchev–Trinajstić information content (AvgIpc) is 2.40. The van der Waals surface area contributed by atoms with Crippen LogP contribution in [0.5, 0.6) is 0 Å². The van der Waals surface area contributed by atoms with E-state index in [1.54, 1.807) is 0 Å². The van der Waals surface area contributed by atoms with E-state index in [1.165, 1.54) is 25.7 Å². The Bertz CT molecular complexity index is 429. The first kappa shape index (κ1) is 17.2. The molecule has 0 spiro atoms. The second-order valence-corrected chi connectivity index (χ2v) is 6.58. The summed E-state index contributed by atoms with van der Waals surface area (Å²) in [5, 5.41) is 3.00. The zero-order valence-corrected chi connectivity index (χ0v) is 14.4. The molecule has 0 aliphatic rings. The van der Waals surface area contributed by atoms with Crippen LogP contribution in [0.25, 0.3) is 0 Å². The molecule has 0 aliphatic heterocycles. The van der Waals surface area contributed by atoms with Crippen LogP contribution < -0.4 is 5.32 Å². The minimum Gasteiger partial charge on any atom is -0.352 e. The summed E-state index contributed by atoms with van der Waals surface area (Å²) in [6.45, 7) is 7.29. The van der Waals surface area contributed by atoms with Crippen LogP contribution in [-0.4, -0.2) is 12.5 Å². The molecule has 0 fully saturated rings. The molecular weight excluding hydrogens is 314 g/mol. The second kappa shape index (κ2) is 9.17. The van der Waals surface area contributed by atoms with Gasteiger partial charge in [-0.3, -0.25) is 4.79 Å². The Morgan fingerprint density at radius 1 is 1.20 bits per heavy atom. The summed E-state index contributed by atoms with van der Waals surface area (Å²) in [6, 6.07) is 5.77. The molecule has 0 atom stereocenters. The lowest BCUT2D eigenvalue weighted by Gasteiger charge is -2.08. The third-order valence-electron chi connectivity index (χ3n) is 3.43. The number of aryl methyl sites for hydroxylation is 1. The van der Waals surface area contributed by atoms with Gasteiger partial charge in [0, 0.05) is 11.0 Å². The molecule has 1 aromatic carbocycles. The van der Waals surface area contributed by atoms with E-state index in [1.807, 2.05) is 25.1 Å². The van der Waals surface area contributed by atoms with Crippen LogP contribution in [0.3, 0.4) is 0 Å². The molecular formula is C17H26BrNO. The van der Waals surface area contributed by atoms with Crippen LogP contribution in [0.1, 0.15) is 61.9 Å². The standard InChI is InChI=1S/C17H26BrNO/c1-13(2)9-6-4-5-7-12-19-17(20)15-11-8-10-14(3)16(15)18/h8,10-11,13H,4-7,9,12H2,1-3H3,(H,19,20). The Morgan fingerprint density at radius 3 is 2.60 bits per heavy atom. The Balaban J connectivity index is 2.22. The topological polar surface area (TPSA) is 29.1 Å². The first-order valence-electron chi connectivity index (χ1n) is 7.55. The molecule has 112 valence electrons. The van der Waals surface area contributed by atoms with Crippen molar-refractivity contribution < 1.29 is 4.79 Å². The number of hydrogen-bond acceptors (Lipinski definition) is 1. The van der Waals surface area contributed by atoms with Crippen molar-refractivity contribution in [2.75, 3.05) is 6.54 Å². The summed E-state index contributed by atoms with van der Waals surface area (Å²) < 4.78 is 0.898. The van der Waals surface area contributed by atoms with E-state index in [0.717, 1.165) is 34.5 Å². The normalized spacial score (nSPS) is 10.8. The van der Waals surface area contributed by atoms with Crippen LogP contribution in [0.2, 0.25) is 0 Å². The van der Waals surface area contributed by atoms with Crippen molar-refractivity contribution in [3.8, 4) is 0 Å². The molecule has 0 saturated heterocycles. The molecule has 1 amide bonds. The fourth-order valence-corrected chi connectivity index (χ4v) is 2.60. The first-order valence-corrected chi connectivity index (χ1v) is 8.35. The van der Waals surface area contributed by atoms with Crippen molar-refractivity contribution in [1.82, 2.24) is 5.32 Å². The van der Waals surface area contributed by atoms with E-state index in [9.17, 15) is 4.79 Å². The molecule has 1 N–H and O–H groups in total. The SMILES string of the molecule is Cc1cccc(C(=O)NCCCCCCC(C)C)c1Br. The maximum atomic E-state index is 12.1. The predicted octanol–water partition coefficient (Wildman–Crippen LogP) is 5.09. The first-order chi connectivity index (χ1) is 9.52. The highest BCUT2D eigenvalue weighted by molar-refractivity contribution is 9.10. The van der Waals surface area contributed by atoms with E-state index < -0.39 is 0 Å². The number of halogens is 1. The molecule has 3 heteroatoms. The van der Waals surface area contributed by atoms with E-state index in [0.29, 0.717) is 0 Å². The van der Waals surface area contributed by atoms with E-state index in [4.69, 9.17) is 0 Å². The summed E-state index contributed by atoms with van der Waals surface area (Å²) >= 11 is 3.48. The van der Waals surface area contributed by atoms with Gasteiger partial charge in [-0.05, 0) is 46.8 Å². The van der Waals surface area contributed by atoms with Gasteiger partial charge in [0.15, 0.2) is 0 Å². The lowest BCUT2D eigenvalue weighted by Crippen LogP contribution is -2.24. The lowest BCUT2D eigenvalue weighted by atomic mass is 10.0. The van der Waals surface area contributed by atoms with Gasteiger partial charge in [-0.2, -0.15) is 0 Å². The Morgan fingerprint density at radius 2 is 1.90 bits per heavy atom. The number of hydrogen-bond donors (Lipinski definition) is 1. The Kier molecular flexibility index (Phi) is 7.90. The van der Waals surface area contributed by atoms with Crippen molar-refractivity contribution in [2.45, 2.75) is 52.9 Å². The van der Waals surface area contributed by atoms with E-state index >= 15 is 0 Å². The average molecular weight is 340 g/mol. The van der Waals surface area contributed by atoms with Gasteiger partial charge in [0.2, 0.25) is 0 Å². The molecule has 1 aromatic rings. The highest BCUT2D eigenvalue weighted by Gasteiger charge is 2.10. The number of carbonyl (C=O) groups excluding carboxylic acids is 1. The number of unbranched alkanes of at least 4 members (excludes halogenated alkanes) is 3. The van der Waals surface area contributed by atoms with E-state index in [-0.39, 0.29) is 5.91 Å². The number of amides is 1. The van der Waals surface area contributed by atoms with Crippen molar-refractivity contribution in [1.29, 1.82) is 0 Å². The predicted molar refractivity (Wildman–Crippen MR) is 89.1 cm³/mol. The fourth-order valence-electron chi connectivity index (χ4n) is 2.15. The number of nitrogens with one attached hydrogen (secondary N) is 1. The molecule has 2 nitrogen and oxygen atoms in total. The molecule has 20 heavy (non-hydrogen) atoms.